The average molecular weight is 229 g/mol. The second-order valence-electron chi connectivity index (χ2n) is 3.28. The molecule has 1 aromatic heterocycles. The van der Waals surface area contributed by atoms with Crippen LogP contribution >= 0.6 is 0 Å². The monoisotopic (exact) mass is 229 g/mol. The highest BCUT2D eigenvalue weighted by molar-refractivity contribution is 5.53. The lowest BCUT2D eigenvalue weighted by atomic mass is 10.3. The molecule has 0 aliphatic carbocycles. The molecule has 1 heterocycles. The van der Waals surface area contributed by atoms with E-state index < -0.39 is 5.82 Å². The average Bonchev–Trinajstić information content (AvgIpc) is 2.34. The lowest BCUT2D eigenvalue weighted by Gasteiger charge is -2.07. The Morgan fingerprint density at radius 2 is 2.12 bits per heavy atom. The Kier molecular flexibility index (Phi) is 2.88. The number of rotatable bonds is 2. The van der Waals surface area contributed by atoms with Crippen LogP contribution in [0.2, 0.25) is 0 Å². The van der Waals surface area contributed by atoms with Gasteiger partial charge >= 0.3 is 0 Å². The van der Waals surface area contributed by atoms with Gasteiger partial charge in [0.05, 0.1) is 11.3 Å². The third kappa shape index (κ3) is 2.49. The van der Waals surface area contributed by atoms with E-state index in [1.165, 1.54) is 24.4 Å². The summed E-state index contributed by atoms with van der Waals surface area (Å²) in [5.74, 6) is 0.188. The van der Waals surface area contributed by atoms with Gasteiger partial charge in [0.1, 0.15) is 11.9 Å². The van der Waals surface area contributed by atoms with Crippen molar-refractivity contribution in [2.45, 2.75) is 0 Å². The molecule has 0 aliphatic rings. The first kappa shape index (κ1) is 10.9. The first-order chi connectivity index (χ1) is 8.19. The Labute approximate surface area is 97.1 Å². The van der Waals surface area contributed by atoms with E-state index in [0.29, 0.717) is 17.2 Å². The van der Waals surface area contributed by atoms with Crippen molar-refractivity contribution in [1.82, 2.24) is 4.98 Å². The van der Waals surface area contributed by atoms with E-state index in [9.17, 15) is 4.39 Å². The van der Waals surface area contributed by atoms with Crippen LogP contribution in [0.15, 0.2) is 36.5 Å². The van der Waals surface area contributed by atoms with Crippen LogP contribution in [-0.4, -0.2) is 4.98 Å². The van der Waals surface area contributed by atoms with E-state index in [0.717, 1.165) is 0 Å². The van der Waals surface area contributed by atoms with Crippen molar-refractivity contribution in [2.75, 3.05) is 5.73 Å². The van der Waals surface area contributed by atoms with Gasteiger partial charge in [0.15, 0.2) is 5.75 Å². The van der Waals surface area contributed by atoms with Crippen molar-refractivity contribution in [3.63, 3.8) is 0 Å². The molecule has 0 amide bonds. The number of halogens is 1. The number of aromatic nitrogens is 1. The van der Waals surface area contributed by atoms with Crippen molar-refractivity contribution in [2.24, 2.45) is 0 Å². The van der Waals surface area contributed by atoms with E-state index >= 15 is 0 Å². The fraction of sp³-hybridized carbons (Fsp3) is 0. The minimum atomic E-state index is -0.428. The molecular formula is C12H8FN3O. The molecule has 0 saturated heterocycles. The predicted octanol–water partition coefficient (Wildman–Crippen LogP) is 2.47. The fourth-order valence-corrected chi connectivity index (χ4v) is 1.23. The van der Waals surface area contributed by atoms with Gasteiger partial charge in [0, 0.05) is 18.3 Å². The summed E-state index contributed by atoms with van der Waals surface area (Å²) < 4.78 is 18.1. The van der Waals surface area contributed by atoms with Crippen LogP contribution in [0.25, 0.3) is 0 Å². The Morgan fingerprint density at radius 1 is 1.29 bits per heavy atom. The summed E-state index contributed by atoms with van der Waals surface area (Å²) in [6.07, 6.45) is 1.38. The van der Waals surface area contributed by atoms with E-state index in [4.69, 9.17) is 15.7 Å². The number of hydrogen-bond donors (Lipinski definition) is 1. The number of nitrogens with zero attached hydrogens (tertiary/aromatic N) is 2. The van der Waals surface area contributed by atoms with Crippen LogP contribution in [0.5, 0.6) is 11.6 Å². The minimum Gasteiger partial charge on any atom is -0.437 e. The maximum Gasteiger partial charge on any atom is 0.219 e. The fourth-order valence-electron chi connectivity index (χ4n) is 1.23. The van der Waals surface area contributed by atoms with Gasteiger partial charge in [-0.1, -0.05) is 0 Å². The van der Waals surface area contributed by atoms with Crippen molar-refractivity contribution in [3.05, 3.63) is 47.9 Å². The van der Waals surface area contributed by atoms with Crippen molar-refractivity contribution in [1.29, 1.82) is 5.26 Å². The Balaban J connectivity index is 2.23. The van der Waals surface area contributed by atoms with Crippen LogP contribution in [0, 0.1) is 17.1 Å². The number of nitrogen functional groups attached to an aromatic ring is 1. The minimum absolute atomic E-state index is 0.191. The van der Waals surface area contributed by atoms with Gasteiger partial charge in [-0.15, -0.1) is 0 Å². The molecule has 0 fully saturated rings. The number of hydrogen-bond acceptors (Lipinski definition) is 4. The molecule has 0 spiro atoms. The highest BCUT2D eigenvalue weighted by Gasteiger charge is 2.04. The first-order valence-electron chi connectivity index (χ1n) is 4.78. The SMILES string of the molecule is N#Cc1ccc(Oc2ccc(F)cc2N)nc1. The quantitative estimate of drug-likeness (QED) is 0.803. The summed E-state index contributed by atoms with van der Waals surface area (Å²) in [6, 6.07) is 8.89. The lowest BCUT2D eigenvalue weighted by Crippen LogP contribution is -1.94. The van der Waals surface area contributed by atoms with Crippen molar-refractivity contribution >= 4 is 5.69 Å². The molecule has 0 bridgehead atoms. The van der Waals surface area contributed by atoms with Crippen LogP contribution in [0.3, 0.4) is 0 Å². The lowest BCUT2D eigenvalue weighted by molar-refractivity contribution is 0.463. The van der Waals surface area contributed by atoms with Gasteiger partial charge < -0.3 is 10.5 Å². The summed E-state index contributed by atoms with van der Waals surface area (Å²) >= 11 is 0. The van der Waals surface area contributed by atoms with E-state index in [-0.39, 0.29) is 5.69 Å². The predicted molar refractivity (Wildman–Crippen MR) is 59.8 cm³/mol. The molecule has 0 atom stereocenters. The number of benzene rings is 1. The molecule has 4 nitrogen and oxygen atoms in total. The molecule has 84 valence electrons. The van der Waals surface area contributed by atoms with Gasteiger partial charge in [-0.25, -0.2) is 9.37 Å². The third-order valence-electron chi connectivity index (χ3n) is 2.05. The highest BCUT2D eigenvalue weighted by Crippen LogP contribution is 2.26. The second kappa shape index (κ2) is 4.49. The largest absolute Gasteiger partial charge is 0.437 e. The zero-order valence-electron chi connectivity index (χ0n) is 8.72. The maximum absolute atomic E-state index is 12.8. The zero-order chi connectivity index (χ0) is 12.3. The molecule has 2 rings (SSSR count). The summed E-state index contributed by atoms with van der Waals surface area (Å²) in [4.78, 5) is 3.91. The van der Waals surface area contributed by atoms with Crippen LogP contribution in [-0.2, 0) is 0 Å². The van der Waals surface area contributed by atoms with Gasteiger partial charge in [-0.2, -0.15) is 5.26 Å². The molecule has 0 radical (unpaired) electrons. The molecule has 2 N–H and O–H groups in total. The first-order valence-corrected chi connectivity index (χ1v) is 4.78. The zero-order valence-corrected chi connectivity index (χ0v) is 8.72. The van der Waals surface area contributed by atoms with Crippen molar-refractivity contribution < 1.29 is 9.13 Å². The summed E-state index contributed by atoms with van der Waals surface area (Å²) in [6.45, 7) is 0. The molecule has 0 unspecified atom stereocenters. The number of anilines is 1. The van der Waals surface area contributed by atoms with Gasteiger partial charge in [-0.3, -0.25) is 0 Å². The Hall–Kier alpha value is -2.61. The van der Waals surface area contributed by atoms with E-state index in [1.807, 2.05) is 6.07 Å². The van der Waals surface area contributed by atoms with E-state index in [1.54, 1.807) is 12.1 Å². The molecule has 0 saturated carbocycles. The van der Waals surface area contributed by atoms with Crippen molar-refractivity contribution in [3.8, 4) is 17.7 Å². The maximum atomic E-state index is 12.8. The molecule has 17 heavy (non-hydrogen) atoms. The normalized spacial score (nSPS) is 9.65. The van der Waals surface area contributed by atoms with Gasteiger partial charge in [0.2, 0.25) is 5.88 Å². The summed E-state index contributed by atoms with van der Waals surface area (Å²) in [5.41, 5.74) is 6.21. The van der Waals surface area contributed by atoms with Crippen LogP contribution in [0.4, 0.5) is 10.1 Å². The molecule has 1 aromatic carbocycles. The Bertz CT molecular complexity index is 575. The number of nitriles is 1. The molecule has 5 heteroatoms. The van der Waals surface area contributed by atoms with Gasteiger partial charge in [-0.05, 0) is 18.2 Å². The Morgan fingerprint density at radius 3 is 2.71 bits per heavy atom. The highest BCUT2D eigenvalue weighted by atomic mass is 19.1. The van der Waals surface area contributed by atoms with Crippen LogP contribution < -0.4 is 10.5 Å². The molecule has 0 aliphatic heterocycles. The molecule has 2 aromatic rings. The summed E-state index contributed by atoms with van der Waals surface area (Å²) in [7, 11) is 0. The third-order valence-corrected chi connectivity index (χ3v) is 2.05. The smallest absolute Gasteiger partial charge is 0.219 e. The second-order valence-corrected chi connectivity index (χ2v) is 3.28. The van der Waals surface area contributed by atoms with Gasteiger partial charge in [0.25, 0.3) is 0 Å². The standard InChI is InChI=1S/C12H8FN3O/c13-9-2-3-11(10(15)5-9)17-12-4-1-8(6-14)7-16-12/h1-5,7H,15H2. The van der Waals surface area contributed by atoms with Crippen LogP contribution in [0.1, 0.15) is 5.56 Å². The van der Waals surface area contributed by atoms with E-state index in [2.05, 4.69) is 4.98 Å². The topological polar surface area (TPSA) is 71.9 Å². The molecular weight excluding hydrogens is 221 g/mol. The summed E-state index contributed by atoms with van der Waals surface area (Å²) in [5, 5.41) is 8.60. The number of pyridine rings is 1. The number of nitrogens with two attached hydrogens (primary N) is 1. The number of ether oxygens (including phenoxy) is 1.